The van der Waals surface area contributed by atoms with Gasteiger partial charge in [-0.05, 0) is 29.7 Å². The largest absolute Gasteiger partial charge is 0.295 e. The maximum Gasteiger partial charge on any atom is 0.295 e. The average Bonchev–Trinajstić information content (AvgIpc) is 2.45. The van der Waals surface area contributed by atoms with Gasteiger partial charge in [0.2, 0.25) is 0 Å². The first-order valence-electron chi connectivity index (χ1n) is 6.76. The van der Waals surface area contributed by atoms with E-state index >= 15 is 0 Å². The van der Waals surface area contributed by atoms with Crippen LogP contribution in [0.4, 0.5) is 0 Å². The van der Waals surface area contributed by atoms with Gasteiger partial charge in [-0.25, -0.2) is 0 Å². The lowest BCUT2D eigenvalue weighted by Crippen LogP contribution is -2.11. The van der Waals surface area contributed by atoms with Crippen molar-refractivity contribution in [2.24, 2.45) is 0 Å². The molecule has 1 N–H and O–H groups in total. The molecule has 3 rings (SSSR count). The van der Waals surface area contributed by atoms with Crippen LogP contribution in [-0.2, 0) is 10.1 Å². The second kappa shape index (κ2) is 5.15. The molecule has 3 aromatic rings. The molecule has 0 amide bonds. The standard InChI is InChI=1S/C16H14O4S2/c1-9(2)10-7-8-13-14(16(10)22(18,19)20)15(17)11-5-3-4-6-12(11)21-13/h3-9H,1-2H3,(H,18,19,20). The van der Waals surface area contributed by atoms with Crippen molar-refractivity contribution >= 4 is 41.6 Å². The van der Waals surface area contributed by atoms with E-state index < -0.39 is 10.1 Å². The molecule has 0 bridgehead atoms. The average molecular weight is 334 g/mol. The highest BCUT2D eigenvalue weighted by atomic mass is 32.2. The molecule has 114 valence electrons. The van der Waals surface area contributed by atoms with E-state index in [-0.39, 0.29) is 21.6 Å². The van der Waals surface area contributed by atoms with Crippen LogP contribution in [0.25, 0.3) is 20.2 Å². The second-order valence-corrected chi connectivity index (χ2v) is 7.86. The fraction of sp³-hybridized carbons (Fsp3) is 0.188. The van der Waals surface area contributed by atoms with Crippen molar-refractivity contribution in [3.63, 3.8) is 0 Å². The molecule has 0 spiro atoms. The number of rotatable bonds is 2. The highest BCUT2D eigenvalue weighted by molar-refractivity contribution is 7.86. The molecule has 0 aliphatic heterocycles. The zero-order valence-corrected chi connectivity index (χ0v) is 13.7. The molecule has 22 heavy (non-hydrogen) atoms. The van der Waals surface area contributed by atoms with Crippen LogP contribution < -0.4 is 5.43 Å². The lowest BCUT2D eigenvalue weighted by atomic mass is 10.0. The molecule has 2 aromatic carbocycles. The summed E-state index contributed by atoms with van der Waals surface area (Å²) in [4.78, 5) is 12.5. The molecule has 6 heteroatoms. The van der Waals surface area contributed by atoms with Gasteiger partial charge < -0.3 is 0 Å². The van der Waals surface area contributed by atoms with Crippen LogP contribution in [0.3, 0.4) is 0 Å². The summed E-state index contributed by atoms with van der Waals surface area (Å²) in [7, 11) is -4.49. The summed E-state index contributed by atoms with van der Waals surface area (Å²) in [6.45, 7) is 3.65. The molecule has 0 aliphatic rings. The summed E-state index contributed by atoms with van der Waals surface area (Å²) in [5.74, 6) is -0.128. The van der Waals surface area contributed by atoms with Crippen molar-refractivity contribution in [1.29, 1.82) is 0 Å². The number of hydrogen-bond donors (Lipinski definition) is 1. The lowest BCUT2D eigenvalue weighted by molar-refractivity contribution is 0.482. The van der Waals surface area contributed by atoms with E-state index in [1.807, 2.05) is 26.0 Å². The van der Waals surface area contributed by atoms with E-state index in [2.05, 4.69) is 0 Å². The second-order valence-electron chi connectivity index (χ2n) is 5.41. The fourth-order valence-corrected chi connectivity index (χ4v) is 4.82. The van der Waals surface area contributed by atoms with Gasteiger partial charge in [0.15, 0.2) is 5.43 Å². The minimum Gasteiger partial charge on any atom is -0.288 e. The van der Waals surface area contributed by atoms with Gasteiger partial charge in [-0.3, -0.25) is 9.35 Å². The van der Waals surface area contributed by atoms with Crippen LogP contribution >= 0.6 is 11.3 Å². The van der Waals surface area contributed by atoms with Crippen LogP contribution in [0.15, 0.2) is 46.1 Å². The Labute approximate surface area is 131 Å². The monoisotopic (exact) mass is 334 g/mol. The molecule has 0 fully saturated rings. The third kappa shape index (κ3) is 2.33. The highest BCUT2D eigenvalue weighted by Crippen LogP contribution is 2.33. The van der Waals surface area contributed by atoms with Gasteiger partial charge in [0.25, 0.3) is 10.1 Å². The van der Waals surface area contributed by atoms with Crippen LogP contribution in [0.2, 0.25) is 0 Å². The first kappa shape index (κ1) is 15.1. The van der Waals surface area contributed by atoms with Crippen molar-refractivity contribution in [2.75, 3.05) is 0 Å². The van der Waals surface area contributed by atoms with Crippen molar-refractivity contribution in [1.82, 2.24) is 0 Å². The Balaban J connectivity index is 2.65. The predicted molar refractivity (Wildman–Crippen MR) is 89.5 cm³/mol. The molecule has 0 atom stereocenters. The van der Waals surface area contributed by atoms with Gasteiger partial charge in [-0.2, -0.15) is 8.42 Å². The van der Waals surface area contributed by atoms with E-state index in [4.69, 9.17) is 0 Å². The maximum atomic E-state index is 12.8. The van der Waals surface area contributed by atoms with Gasteiger partial charge in [0, 0.05) is 14.8 Å². The van der Waals surface area contributed by atoms with Gasteiger partial charge in [0.1, 0.15) is 4.90 Å². The Hall–Kier alpha value is -1.76. The summed E-state index contributed by atoms with van der Waals surface area (Å²) in [5, 5.41) is 0.545. The van der Waals surface area contributed by atoms with Gasteiger partial charge >= 0.3 is 0 Å². The Morgan fingerprint density at radius 2 is 1.73 bits per heavy atom. The first-order valence-corrected chi connectivity index (χ1v) is 9.02. The molecular weight excluding hydrogens is 320 g/mol. The lowest BCUT2D eigenvalue weighted by Gasteiger charge is -2.13. The number of hydrogen-bond acceptors (Lipinski definition) is 4. The molecule has 0 radical (unpaired) electrons. The van der Waals surface area contributed by atoms with E-state index in [1.165, 1.54) is 11.3 Å². The van der Waals surface area contributed by atoms with Crippen LogP contribution in [0, 0.1) is 0 Å². The summed E-state index contributed by atoms with van der Waals surface area (Å²) in [5.41, 5.74) is 0.0917. The smallest absolute Gasteiger partial charge is 0.288 e. The summed E-state index contributed by atoms with van der Waals surface area (Å²) in [6.07, 6.45) is 0. The van der Waals surface area contributed by atoms with E-state index in [0.29, 0.717) is 15.6 Å². The van der Waals surface area contributed by atoms with Crippen LogP contribution in [0.5, 0.6) is 0 Å². The minimum atomic E-state index is -4.49. The Morgan fingerprint density at radius 1 is 1.05 bits per heavy atom. The third-order valence-corrected chi connectivity index (χ3v) is 5.70. The zero-order chi connectivity index (χ0) is 16.1. The van der Waals surface area contributed by atoms with Crippen LogP contribution in [0.1, 0.15) is 25.3 Å². The zero-order valence-electron chi connectivity index (χ0n) is 12.0. The van der Waals surface area contributed by atoms with Crippen molar-refractivity contribution < 1.29 is 13.0 Å². The quantitative estimate of drug-likeness (QED) is 0.572. The molecular formula is C16H14O4S2. The molecule has 1 heterocycles. The van der Waals surface area contributed by atoms with E-state index in [0.717, 1.165) is 4.70 Å². The highest BCUT2D eigenvalue weighted by Gasteiger charge is 2.24. The Bertz CT molecular complexity index is 1050. The molecule has 4 nitrogen and oxygen atoms in total. The Kier molecular flexibility index (Phi) is 3.55. The van der Waals surface area contributed by atoms with Gasteiger partial charge in [0.05, 0.1) is 5.39 Å². The predicted octanol–water partition coefficient (Wildman–Crippen LogP) is 3.78. The third-order valence-electron chi connectivity index (χ3n) is 3.61. The molecule has 1 aromatic heterocycles. The molecule has 0 saturated carbocycles. The topological polar surface area (TPSA) is 71.4 Å². The van der Waals surface area contributed by atoms with E-state index in [9.17, 15) is 17.8 Å². The minimum absolute atomic E-state index is 0.0809. The maximum absolute atomic E-state index is 12.8. The van der Waals surface area contributed by atoms with Gasteiger partial charge in [-0.1, -0.05) is 32.0 Å². The fourth-order valence-electron chi connectivity index (χ4n) is 2.61. The van der Waals surface area contributed by atoms with Crippen LogP contribution in [-0.4, -0.2) is 13.0 Å². The van der Waals surface area contributed by atoms with Gasteiger partial charge in [-0.15, -0.1) is 11.3 Å². The van der Waals surface area contributed by atoms with E-state index in [1.54, 1.807) is 24.3 Å². The van der Waals surface area contributed by atoms with Crippen molar-refractivity contribution in [2.45, 2.75) is 24.7 Å². The van der Waals surface area contributed by atoms with Crippen molar-refractivity contribution in [3.8, 4) is 0 Å². The summed E-state index contributed by atoms with van der Waals surface area (Å²) in [6, 6.07) is 10.5. The first-order chi connectivity index (χ1) is 10.3. The normalized spacial score (nSPS) is 12.4. The summed E-state index contributed by atoms with van der Waals surface area (Å²) >= 11 is 1.34. The molecule has 0 unspecified atom stereocenters. The number of fused-ring (bicyclic) bond motifs is 2. The number of benzene rings is 2. The molecule has 0 saturated heterocycles. The Morgan fingerprint density at radius 3 is 2.36 bits per heavy atom. The SMILES string of the molecule is CC(C)c1ccc2sc3ccccc3c(=O)c2c1S(=O)(=O)O. The molecule has 0 aliphatic carbocycles. The summed E-state index contributed by atoms with van der Waals surface area (Å²) < 4.78 is 34.8. The van der Waals surface area contributed by atoms with Crippen molar-refractivity contribution in [3.05, 3.63) is 52.2 Å².